The average Bonchev–Trinajstić information content (AvgIpc) is 2.97. The van der Waals surface area contributed by atoms with Crippen molar-refractivity contribution in [3.63, 3.8) is 0 Å². The molecule has 0 fully saturated rings. The van der Waals surface area contributed by atoms with Gasteiger partial charge in [0.15, 0.2) is 16.7 Å². The van der Waals surface area contributed by atoms with Crippen LogP contribution in [0.3, 0.4) is 0 Å². The summed E-state index contributed by atoms with van der Waals surface area (Å²) in [5.41, 5.74) is 6.44. The molecule has 27 heavy (non-hydrogen) atoms. The third-order valence-corrected chi connectivity index (χ3v) is 5.32. The number of nitrogens with two attached hydrogens (primary N) is 1. The molecule has 2 rings (SSSR count). The predicted molar refractivity (Wildman–Crippen MR) is 113 cm³/mol. The fourth-order valence-electron chi connectivity index (χ4n) is 2.30. The smallest absolute Gasteiger partial charge is 0.175 e. The molecule has 0 aliphatic rings. The molecule has 1 heterocycles. The van der Waals surface area contributed by atoms with Crippen molar-refractivity contribution >= 4 is 53.3 Å². The molecule has 0 saturated heterocycles. The number of rotatable bonds is 9. The van der Waals surface area contributed by atoms with Crippen molar-refractivity contribution in [2.75, 3.05) is 20.1 Å². The number of nitrogens with one attached hydrogen (secondary N) is 1. The van der Waals surface area contributed by atoms with Gasteiger partial charge in [0.25, 0.3) is 0 Å². The van der Waals surface area contributed by atoms with Crippen molar-refractivity contribution in [3.05, 3.63) is 33.9 Å². The minimum Gasteiger partial charge on any atom is -0.392 e. The Labute approximate surface area is 172 Å². The van der Waals surface area contributed by atoms with Gasteiger partial charge in [-0.2, -0.15) is 0 Å². The molecule has 10 heteroatoms. The maximum Gasteiger partial charge on any atom is 0.175 e. The molecule has 1 aromatic heterocycles. The quantitative estimate of drug-likeness (QED) is 0.323. The number of hydrogen-bond donors (Lipinski definition) is 3. The highest BCUT2D eigenvalue weighted by atomic mass is 35.5. The first-order chi connectivity index (χ1) is 12.9. The minimum atomic E-state index is -0.426. The first kappa shape index (κ1) is 21.7. The van der Waals surface area contributed by atoms with E-state index in [2.05, 4.69) is 27.0 Å². The Morgan fingerprint density at radius 2 is 2.22 bits per heavy atom. The van der Waals surface area contributed by atoms with E-state index in [9.17, 15) is 5.11 Å². The van der Waals surface area contributed by atoms with E-state index in [1.807, 2.05) is 10.6 Å². The molecule has 4 N–H and O–H groups in total. The van der Waals surface area contributed by atoms with E-state index in [0.717, 1.165) is 4.90 Å². The van der Waals surface area contributed by atoms with E-state index >= 15 is 0 Å². The zero-order chi connectivity index (χ0) is 20.0. The van der Waals surface area contributed by atoms with Gasteiger partial charge in [0.05, 0.1) is 11.1 Å². The van der Waals surface area contributed by atoms with E-state index in [1.54, 1.807) is 26.1 Å². The van der Waals surface area contributed by atoms with Crippen LogP contribution < -0.4 is 11.1 Å². The molecule has 0 radical (unpaired) electrons. The van der Waals surface area contributed by atoms with E-state index in [0.29, 0.717) is 46.3 Å². The van der Waals surface area contributed by atoms with Crippen molar-refractivity contribution < 1.29 is 5.11 Å². The average molecular weight is 429 g/mol. The summed E-state index contributed by atoms with van der Waals surface area (Å²) in [6.07, 6.45) is -0.426. The molecular weight excluding hydrogens is 407 g/mol. The molecule has 0 aliphatic heterocycles. The van der Waals surface area contributed by atoms with Crippen LogP contribution in [0.25, 0.3) is 0 Å². The summed E-state index contributed by atoms with van der Waals surface area (Å²) in [6, 6.07) is 5.28. The lowest BCUT2D eigenvalue weighted by molar-refractivity contribution is 0.191. The summed E-state index contributed by atoms with van der Waals surface area (Å²) in [6.45, 7) is 7.01. The zero-order valence-electron chi connectivity index (χ0n) is 15.1. The molecule has 146 valence electrons. The first-order valence-electron chi connectivity index (χ1n) is 8.19. The second kappa shape index (κ2) is 10.1. The Kier molecular flexibility index (Phi) is 8.12. The minimum absolute atomic E-state index is 0.275. The highest BCUT2D eigenvalue weighted by molar-refractivity contribution is 7.99. The molecule has 0 amide bonds. The van der Waals surface area contributed by atoms with Gasteiger partial charge in [0.2, 0.25) is 0 Å². The maximum atomic E-state index is 9.39. The molecule has 0 bridgehead atoms. The number of hydrogen-bond acceptors (Lipinski definition) is 6. The fourth-order valence-corrected chi connectivity index (χ4v) is 3.74. The standard InChI is InChI=1S/C17H22Cl2N6OS/c1-10(26)9-23-6-7-25-16(22-3)14(15(20)21-2)24-17(25)27-13-5-4-11(18)8-12(13)19/h4-5,8,10,23,26H,3,6-7,9H2,1-2H3,(H2,20,21)/t10-/m0/s1. The van der Waals surface area contributed by atoms with Gasteiger partial charge in [-0.05, 0) is 31.8 Å². The van der Waals surface area contributed by atoms with Crippen LogP contribution in [-0.2, 0) is 6.54 Å². The summed E-state index contributed by atoms with van der Waals surface area (Å²) in [7, 11) is 1.59. The molecule has 0 unspecified atom stereocenters. The molecule has 1 aromatic carbocycles. The van der Waals surface area contributed by atoms with Crippen LogP contribution in [0.5, 0.6) is 0 Å². The summed E-state index contributed by atoms with van der Waals surface area (Å²) >= 11 is 13.6. The Balaban J connectivity index is 2.37. The summed E-state index contributed by atoms with van der Waals surface area (Å²) in [5.74, 6) is 0.807. The SMILES string of the molecule is C=Nc1c(/C(N)=N\C)nc(Sc2ccc(Cl)cc2Cl)n1CCNC[C@H](C)O. The van der Waals surface area contributed by atoms with E-state index < -0.39 is 6.10 Å². The van der Waals surface area contributed by atoms with Crippen LogP contribution in [-0.4, -0.2) is 53.5 Å². The lowest BCUT2D eigenvalue weighted by Gasteiger charge is -2.12. The lowest BCUT2D eigenvalue weighted by atomic mass is 10.4. The van der Waals surface area contributed by atoms with Crippen LogP contribution in [0.2, 0.25) is 10.0 Å². The third kappa shape index (κ3) is 5.70. The maximum absolute atomic E-state index is 9.39. The van der Waals surface area contributed by atoms with Gasteiger partial charge in [0.1, 0.15) is 5.84 Å². The van der Waals surface area contributed by atoms with Gasteiger partial charge < -0.3 is 20.7 Å². The molecule has 7 nitrogen and oxygen atoms in total. The van der Waals surface area contributed by atoms with Crippen LogP contribution in [0.1, 0.15) is 12.6 Å². The Morgan fingerprint density at radius 3 is 2.81 bits per heavy atom. The van der Waals surface area contributed by atoms with E-state index in [1.165, 1.54) is 11.8 Å². The highest BCUT2D eigenvalue weighted by Crippen LogP contribution is 2.36. The number of aliphatic hydroxyl groups excluding tert-OH is 1. The number of nitrogens with zero attached hydrogens (tertiary/aromatic N) is 4. The number of halogens is 2. The van der Waals surface area contributed by atoms with Crippen molar-refractivity contribution in [1.29, 1.82) is 0 Å². The molecule has 1 atom stereocenters. The van der Waals surface area contributed by atoms with Gasteiger partial charge in [-0.25, -0.2) is 9.98 Å². The first-order valence-corrected chi connectivity index (χ1v) is 9.76. The number of amidine groups is 1. The largest absolute Gasteiger partial charge is 0.392 e. The third-order valence-electron chi connectivity index (χ3n) is 3.59. The number of benzene rings is 1. The Morgan fingerprint density at radius 1 is 1.48 bits per heavy atom. The number of aliphatic imine (C=N–C) groups is 2. The second-order valence-corrected chi connectivity index (χ2v) is 7.57. The van der Waals surface area contributed by atoms with Crippen molar-refractivity contribution in [2.45, 2.75) is 29.6 Å². The van der Waals surface area contributed by atoms with Crippen molar-refractivity contribution in [1.82, 2.24) is 14.9 Å². The molecule has 0 saturated carbocycles. The van der Waals surface area contributed by atoms with Gasteiger partial charge in [-0.1, -0.05) is 35.0 Å². The van der Waals surface area contributed by atoms with Crippen molar-refractivity contribution in [3.8, 4) is 0 Å². The molecule has 0 aliphatic carbocycles. The number of imidazole rings is 1. The van der Waals surface area contributed by atoms with Gasteiger partial charge in [0, 0.05) is 36.6 Å². The van der Waals surface area contributed by atoms with Crippen LogP contribution in [0, 0.1) is 0 Å². The van der Waals surface area contributed by atoms with Crippen LogP contribution in [0.4, 0.5) is 5.82 Å². The van der Waals surface area contributed by atoms with Crippen molar-refractivity contribution in [2.24, 2.45) is 15.7 Å². The van der Waals surface area contributed by atoms with E-state index in [-0.39, 0.29) is 5.84 Å². The topological polar surface area (TPSA) is 101 Å². The normalized spacial score (nSPS) is 13.0. The van der Waals surface area contributed by atoms with Crippen LogP contribution >= 0.6 is 35.0 Å². The summed E-state index contributed by atoms with van der Waals surface area (Å²) < 4.78 is 1.89. The molecule has 2 aromatic rings. The lowest BCUT2D eigenvalue weighted by Crippen LogP contribution is -2.27. The molecular formula is C17H22Cl2N6OS. The Hall–Kier alpha value is -1.58. The van der Waals surface area contributed by atoms with Gasteiger partial charge in [-0.15, -0.1) is 0 Å². The molecule has 0 spiro atoms. The summed E-state index contributed by atoms with van der Waals surface area (Å²) in [5, 5.41) is 14.3. The van der Waals surface area contributed by atoms with Gasteiger partial charge in [-0.3, -0.25) is 4.99 Å². The second-order valence-electron chi connectivity index (χ2n) is 5.72. The summed E-state index contributed by atoms with van der Waals surface area (Å²) in [4.78, 5) is 13.5. The predicted octanol–water partition coefficient (Wildman–Crippen LogP) is 2.98. The fraction of sp³-hybridized carbons (Fsp3) is 0.353. The highest BCUT2D eigenvalue weighted by Gasteiger charge is 2.20. The van der Waals surface area contributed by atoms with Gasteiger partial charge >= 0.3 is 0 Å². The van der Waals surface area contributed by atoms with E-state index in [4.69, 9.17) is 28.9 Å². The van der Waals surface area contributed by atoms with Crippen LogP contribution in [0.15, 0.2) is 38.2 Å². The Bertz CT molecular complexity index is 837. The monoisotopic (exact) mass is 428 g/mol. The number of aliphatic hydroxyl groups is 1. The zero-order valence-corrected chi connectivity index (χ0v) is 17.4. The number of aromatic nitrogens is 2.